The van der Waals surface area contributed by atoms with Crippen molar-refractivity contribution in [3.63, 3.8) is 0 Å². The van der Waals surface area contributed by atoms with Crippen LogP contribution in [-0.4, -0.2) is 55.1 Å². The number of carbonyl (C=O) groups is 2. The largest absolute Gasteiger partial charge is 0.480 e. The third kappa shape index (κ3) is 5.96. The number of aromatic nitrogens is 1. The summed E-state index contributed by atoms with van der Waals surface area (Å²) >= 11 is 0. The van der Waals surface area contributed by atoms with Crippen molar-refractivity contribution < 1.29 is 32.5 Å². The molecule has 1 aliphatic heterocycles. The van der Waals surface area contributed by atoms with Gasteiger partial charge < -0.3 is 20.7 Å². The van der Waals surface area contributed by atoms with E-state index in [0.717, 1.165) is 5.56 Å². The zero-order chi connectivity index (χ0) is 25.0. The van der Waals surface area contributed by atoms with Crippen LogP contribution in [0.5, 0.6) is 0 Å². The van der Waals surface area contributed by atoms with Crippen LogP contribution in [-0.2, 0) is 24.4 Å². The highest BCUT2D eigenvalue weighted by Crippen LogP contribution is 2.27. The predicted molar refractivity (Wildman–Crippen MR) is 118 cm³/mol. The maximum atomic E-state index is 12.6. The summed E-state index contributed by atoms with van der Waals surface area (Å²) in [7, 11) is -4.23. The highest BCUT2D eigenvalue weighted by atomic mass is 32.2. The van der Waals surface area contributed by atoms with Crippen LogP contribution in [0, 0.1) is 19.3 Å². The van der Waals surface area contributed by atoms with E-state index in [1.165, 1.54) is 13.8 Å². The summed E-state index contributed by atoms with van der Waals surface area (Å²) in [6.45, 7) is 2.35. The summed E-state index contributed by atoms with van der Waals surface area (Å²) < 4.78 is 32.0. The minimum atomic E-state index is -4.23. The number of nitrogens with two attached hydrogens (primary N) is 1. The fourth-order valence-electron chi connectivity index (χ4n) is 3.54. The molecule has 2 aromatic rings. The van der Waals surface area contributed by atoms with Crippen molar-refractivity contribution in [3.05, 3.63) is 46.8 Å². The van der Waals surface area contributed by atoms with Gasteiger partial charge in [0.25, 0.3) is 0 Å². The number of rotatable bonds is 10. The number of nitrogens with zero attached hydrogens (tertiary/aromatic N) is 1. The van der Waals surface area contributed by atoms with Crippen molar-refractivity contribution in [2.45, 2.75) is 49.8 Å². The number of carboxylic acid groups (broad SMARTS) is 1. The maximum Gasteiger partial charge on any atom is 0.323 e. The zero-order valence-corrected chi connectivity index (χ0v) is 19.3. The molecule has 1 amide bonds. The number of carboxylic acids is 1. The molecule has 1 aromatic heterocycles. The number of aryl methyl sites for hydroxylation is 2. The SMILES string of the molecule is Cc1noc(C)c1S(=O)(=O)N[C@H](CNC(=O)C[C@@H]1CC(c2ccc(C(=N)N)cc2)NO1)C(=O)O. The molecule has 0 spiro atoms. The molecule has 1 unspecified atom stereocenters. The second kappa shape index (κ2) is 10.3. The Bertz CT molecular complexity index is 1160. The fourth-order valence-corrected chi connectivity index (χ4v) is 5.06. The monoisotopic (exact) mass is 494 g/mol. The van der Waals surface area contributed by atoms with E-state index in [2.05, 4.69) is 20.7 Å². The van der Waals surface area contributed by atoms with Crippen molar-refractivity contribution >= 4 is 27.7 Å². The lowest BCUT2D eigenvalue weighted by Crippen LogP contribution is -2.48. The number of nitrogen functional groups attached to an aromatic ring is 1. The molecular formula is C20H26N6O7S. The van der Waals surface area contributed by atoms with Crippen molar-refractivity contribution in [1.29, 1.82) is 5.41 Å². The van der Waals surface area contributed by atoms with Crippen LogP contribution in [0.2, 0.25) is 0 Å². The number of nitrogens with one attached hydrogen (secondary N) is 4. The summed E-state index contributed by atoms with van der Waals surface area (Å²) in [5.41, 5.74) is 9.89. The van der Waals surface area contributed by atoms with E-state index >= 15 is 0 Å². The van der Waals surface area contributed by atoms with Gasteiger partial charge in [0, 0.05) is 12.1 Å². The van der Waals surface area contributed by atoms with Crippen LogP contribution in [0.3, 0.4) is 0 Å². The average Bonchev–Trinajstić information content (AvgIpc) is 3.37. The molecule has 184 valence electrons. The van der Waals surface area contributed by atoms with Crippen molar-refractivity contribution in [2.75, 3.05) is 6.54 Å². The molecule has 2 heterocycles. The lowest BCUT2D eigenvalue weighted by atomic mass is 9.99. The number of sulfonamides is 1. The zero-order valence-electron chi connectivity index (χ0n) is 18.5. The number of hydroxylamine groups is 1. The lowest BCUT2D eigenvalue weighted by molar-refractivity contribution is -0.139. The Hall–Kier alpha value is -3.33. The highest BCUT2D eigenvalue weighted by Gasteiger charge is 2.32. The van der Waals surface area contributed by atoms with Gasteiger partial charge in [-0.1, -0.05) is 29.4 Å². The quantitative estimate of drug-likeness (QED) is 0.190. The fraction of sp³-hybridized carbons (Fsp3) is 0.400. The first-order valence-electron chi connectivity index (χ1n) is 10.3. The van der Waals surface area contributed by atoms with Gasteiger partial charge in [0.1, 0.15) is 22.5 Å². The highest BCUT2D eigenvalue weighted by molar-refractivity contribution is 7.89. The van der Waals surface area contributed by atoms with Crippen LogP contribution in [0.15, 0.2) is 33.7 Å². The Kier molecular flexibility index (Phi) is 7.66. The number of amides is 1. The van der Waals surface area contributed by atoms with Crippen LogP contribution in [0.4, 0.5) is 0 Å². The van der Waals surface area contributed by atoms with Gasteiger partial charge in [0.2, 0.25) is 15.9 Å². The normalized spacial score (nSPS) is 19.0. The first-order chi connectivity index (χ1) is 16.0. The number of carbonyl (C=O) groups excluding carboxylic acids is 1. The van der Waals surface area contributed by atoms with E-state index in [-0.39, 0.29) is 34.6 Å². The molecule has 0 bridgehead atoms. The molecule has 1 aromatic carbocycles. The molecule has 14 heteroatoms. The van der Waals surface area contributed by atoms with Gasteiger partial charge in [0.15, 0.2) is 5.76 Å². The molecule has 0 radical (unpaired) electrons. The Morgan fingerprint density at radius 1 is 1.32 bits per heavy atom. The molecule has 1 aliphatic rings. The number of hydrogen-bond acceptors (Lipinski definition) is 9. The number of hydrogen-bond donors (Lipinski definition) is 6. The predicted octanol–water partition coefficient (Wildman–Crippen LogP) is -0.152. The van der Waals surface area contributed by atoms with Crippen LogP contribution in [0.1, 0.15) is 41.5 Å². The third-order valence-electron chi connectivity index (χ3n) is 5.25. The summed E-state index contributed by atoms with van der Waals surface area (Å²) in [6, 6.07) is 5.28. The first-order valence-corrected chi connectivity index (χ1v) is 11.8. The number of aliphatic carboxylic acids is 1. The Morgan fingerprint density at radius 2 is 2.00 bits per heavy atom. The molecule has 13 nitrogen and oxygen atoms in total. The molecule has 0 saturated carbocycles. The summed E-state index contributed by atoms with van der Waals surface area (Å²) in [4.78, 5) is 29.1. The van der Waals surface area contributed by atoms with Gasteiger partial charge in [-0.2, -0.15) is 10.2 Å². The second-order valence-corrected chi connectivity index (χ2v) is 9.51. The van der Waals surface area contributed by atoms with Gasteiger partial charge >= 0.3 is 5.97 Å². The van der Waals surface area contributed by atoms with Gasteiger partial charge in [-0.25, -0.2) is 8.42 Å². The van der Waals surface area contributed by atoms with E-state index in [4.69, 9.17) is 20.5 Å². The molecule has 1 fully saturated rings. The smallest absolute Gasteiger partial charge is 0.323 e. The van der Waals surface area contributed by atoms with Crippen LogP contribution < -0.4 is 21.3 Å². The molecule has 3 atom stereocenters. The summed E-state index contributed by atoms with van der Waals surface area (Å²) in [5.74, 6) is -1.97. The molecule has 34 heavy (non-hydrogen) atoms. The third-order valence-corrected chi connectivity index (χ3v) is 6.96. The van der Waals surface area contributed by atoms with E-state index in [0.29, 0.717) is 12.0 Å². The molecule has 3 rings (SSSR count). The molecule has 0 aliphatic carbocycles. The van der Waals surface area contributed by atoms with Gasteiger partial charge in [-0.3, -0.25) is 19.8 Å². The Balaban J connectivity index is 1.53. The van der Waals surface area contributed by atoms with Gasteiger partial charge in [-0.15, -0.1) is 0 Å². The van der Waals surface area contributed by atoms with Crippen molar-refractivity contribution in [1.82, 2.24) is 20.7 Å². The summed E-state index contributed by atoms with van der Waals surface area (Å²) in [5, 5.41) is 22.8. The summed E-state index contributed by atoms with van der Waals surface area (Å²) in [6.07, 6.45) is -0.0500. The van der Waals surface area contributed by atoms with Crippen LogP contribution in [0.25, 0.3) is 0 Å². The first kappa shape index (κ1) is 25.3. The van der Waals surface area contributed by atoms with Crippen molar-refractivity contribution in [3.8, 4) is 0 Å². The lowest BCUT2D eigenvalue weighted by Gasteiger charge is -2.16. The minimum Gasteiger partial charge on any atom is -0.480 e. The van der Waals surface area contributed by atoms with E-state index < -0.39 is 40.6 Å². The van der Waals surface area contributed by atoms with Crippen molar-refractivity contribution in [2.24, 2.45) is 5.73 Å². The Labute approximate surface area is 195 Å². The molecule has 7 N–H and O–H groups in total. The van der Waals surface area contributed by atoms with E-state index in [1.54, 1.807) is 12.1 Å². The number of benzene rings is 1. The maximum absolute atomic E-state index is 12.6. The standard InChI is InChI=1S/C20H26N6O7S/c1-10-18(11(2)32-24-10)34(30,31)26-16(20(28)29)9-23-17(27)8-14-7-15(25-33-14)12-3-5-13(6-4-12)19(21)22/h3-6,14-16,25-26H,7-9H2,1-2H3,(H3,21,22)(H,23,27)(H,28,29)/t14-,15?,16+/m0/s1. The second-order valence-electron chi connectivity index (χ2n) is 7.86. The minimum absolute atomic E-state index is 0.0227. The topological polar surface area (TPSA) is 210 Å². The van der Waals surface area contributed by atoms with Crippen LogP contribution >= 0.6 is 0 Å². The Morgan fingerprint density at radius 3 is 2.56 bits per heavy atom. The average molecular weight is 495 g/mol. The van der Waals surface area contributed by atoms with E-state index in [9.17, 15) is 23.1 Å². The van der Waals surface area contributed by atoms with Gasteiger partial charge in [0.05, 0.1) is 18.6 Å². The number of amidine groups is 1. The molecule has 1 saturated heterocycles. The van der Waals surface area contributed by atoms with E-state index in [1.807, 2.05) is 12.1 Å². The molecular weight excluding hydrogens is 468 g/mol. The van der Waals surface area contributed by atoms with Gasteiger partial charge in [-0.05, 0) is 25.8 Å².